The first-order valence-corrected chi connectivity index (χ1v) is 9.43. The third-order valence-corrected chi connectivity index (χ3v) is 4.98. The van der Waals surface area contributed by atoms with Crippen LogP contribution in [-0.4, -0.2) is 21.7 Å². The second-order valence-electron chi connectivity index (χ2n) is 7.11. The normalized spacial score (nSPS) is 13.9. The SMILES string of the molecule is Cc1ccc(C2=C(Nc3ccccc3C)C(=O)N(Cc3cccnc3)C2=O)cc1. The van der Waals surface area contributed by atoms with Gasteiger partial charge in [-0.1, -0.05) is 54.1 Å². The Hall–Kier alpha value is -3.73. The predicted octanol–water partition coefficient (Wildman–Crippen LogP) is 4.09. The summed E-state index contributed by atoms with van der Waals surface area (Å²) in [5.41, 5.74) is 5.10. The molecule has 1 aliphatic rings. The van der Waals surface area contributed by atoms with Crippen molar-refractivity contribution in [3.63, 3.8) is 0 Å². The maximum Gasteiger partial charge on any atom is 0.278 e. The van der Waals surface area contributed by atoms with E-state index in [2.05, 4.69) is 10.3 Å². The molecular weight excluding hydrogens is 362 g/mol. The lowest BCUT2D eigenvalue weighted by atomic mass is 10.0. The highest BCUT2D eigenvalue weighted by Gasteiger charge is 2.39. The summed E-state index contributed by atoms with van der Waals surface area (Å²) < 4.78 is 0. The van der Waals surface area contributed by atoms with Gasteiger partial charge in [0.15, 0.2) is 0 Å². The molecule has 0 spiro atoms. The Balaban J connectivity index is 1.76. The quantitative estimate of drug-likeness (QED) is 0.674. The number of nitrogens with zero attached hydrogens (tertiary/aromatic N) is 2. The van der Waals surface area contributed by atoms with Crippen LogP contribution in [0.3, 0.4) is 0 Å². The van der Waals surface area contributed by atoms with Crippen molar-refractivity contribution in [2.24, 2.45) is 0 Å². The van der Waals surface area contributed by atoms with Crippen LogP contribution in [0.2, 0.25) is 0 Å². The number of imide groups is 1. The molecule has 2 aromatic carbocycles. The number of para-hydroxylation sites is 1. The lowest BCUT2D eigenvalue weighted by molar-refractivity contribution is -0.137. The molecule has 0 unspecified atom stereocenters. The molecule has 1 aromatic heterocycles. The molecule has 29 heavy (non-hydrogen) atoms. The number of benzene rings is 2. The average Bonchev–Trinajstić information content (AvgIpc) is 2.95. The summed E-state index contributed by atoms with van der Waals surface area (Å²) in [6, 6.07) is 19.0. The van der Waals surface area contributed by atoms with E-state index < -0.39 is 0 Å². The van der Waals surface area contributed by atoms with Crippen LogP contribution < -0.4 is 5.32 Å². The molecule has 4 rings (SSSR count). The van der Waals surface area contributed by atoms with E-state index in [1.807, 2.05) is 68.4 Å². The van der Waals surface area contributed by atoms with Crippen LogP contribution in [-0.2, 0) is 16.1 Å². The van der Waals surface area contributed by atoms with Gasteiger partial charge in [0, 0.05) is 18.1 Å². The third-order valence-electron chi connectivity index (χ3n) is 4.98. The van der Waals surface area contributed by atoms with Crippen molar-refractivity contribution in [1.82, 2.24) is 9.88 Å². The van der Waals surface area contributed by atoms with Gasteiger partial charge in [-0.05, 0) is 42.7 Å². The summed E-state index contributed by atoms with van der Waals surface area (Å²) in [5, 5.41) is 3.22. The summed E-state index contributed by atoms with van der Waals surface area (Å²) in [4.78, 5) is 31.9. The summed E-state index contributed by atoms with van der Waals surface area (Å²) >= 11 is 0. The zero-order chi connectivity index (χ0) is 20.4. The molecule has 2 amide bonds. The summed E-state index contributed by atoms with van der Waals surface area (Å²) in [6.07, 6.45) is 3.33. The lowest BCUT2D eigenvalue weighted by Crippen LogP contribution is -2.32. The standard InChI is InChI=1S/C24H21N3O2/c1-16-9-11-19(12-10-16)21-22(26-20-8-4-3-6-17(20)2)24(29)27(23(21)28)15-18-7-5-13-25-14-18/h3-14,26H,15H2,1-2H3. The Morgan fingerprint density at radius 3 is 2.34 bits per heavy atom. The number of aromatic nitrogens is 1. The van der Waals surface area contributed by atoms with Gasteiger partial charge in [-0.15, -0.1) is 0 Å². The van der Waals surface area contributed by atoms with Gasteiger partial charge in [0.25, 0.3) is 11.8 Å². The molecule has 0 saturated carbocycles. The van der Waals surface area contributed by atoms with Crippen LogP contribution in [0.4, 0.5) is 5.69 Å². The van der Waals surface area contributed by atoms with E-state index in [1.54, 1.807) is 18.5 Å². The van der Waals surface area contributed by atoms with Crippen LogP contribution in [0.5, 0.6) is 0 Å². The van der Waals surface area contributed by atoms with Gasteiger partial charge in [0.2, 0.25) is 0 Å². The monoisotopic (exact) mass is 383 g/mol. The van der Waals surface area contributed by atoms with E-state index in [1.165, 1.54) is 4.90 Å². The second kappa shape index (κ2) is 7.72. The van der Waals surface area contributed by atoms with Crippen molar-refractivity contribution in [1.29, 1.82) is 0 Å². The number of rotatable bonds is 5. The van der Waals surface area contributed by atoms with E-state index in [0.29, 0.717) is 11.3 Å². The number of hydrogen-bond acceptors (Lipinski definition) is 4. The first kappa shape index (κ1) is 18.6. The number of anilines is 1. The summed E-state index contributed by atoms with van der Waals surface area (Å²) in [5.74, 6) is -0.642. The molecule has 0 aliphatic carbocycles. The van der Waals surface area contributed by atoms with E-state index in [4.69, 9.17) is 0 Å². The Bertz CT molecular complexity index is 1100. The maximum absolute atomic E-state index is 13.3. The van der Waals surface area contributed by atoms with Gasteiger partial charge in [0.1, 0.15) is 5.70 Å². The number of nitrogens with one attached hydrogen (secondary N) is 1. The number of aryl methyl sites for hydroxylation is 2. The predicted molar refractivity (Wildman–Crippen MR) is 113 cm³/mol. The number of carbonyl (C=O) groups is 2. The third kappa shape index (κ3) is 3.67. The highest BCUT2D eigenvalue weighted by atomic mass is 16.2. The molecule has 2 heterocycles. The van der Waals surface area contributed by atoms with Crippen molar-refractivity contribution >= 4 is 23.1 Å². The summed E-state index contributed by atoms with van der Waals surface area (Å²) in [6.45, 7) is 4.13. The Morgan fingerprint density at radius 1 is 0.897 bits per heavy atom. The molecule has 5 nitrogen and oxygen atoms in total. The molecule has 1 aliphatic heterocycles. The minimum Gasteiger partial charge on any atom is -0.350 e. The fraction of sp³-hybridized carbons (Fsp3) is 0.125. The molecule has 5 heteroatoms. The van der Waals surface area contributed by atoms with Gasteiger partial charge in [-0.2, -0.15) is 0 Å². The minimum absolute atomic E-state index is 0.180. The molecular formula is C24H21N3O2. The van der Waals surface area contributed by atoms with Gasteiger partial charge < -0.3 is 5.32 Å². The second-order valence-corrected chi connectivity index (χ2v) is 7.11. The van der Waals surface area contributed by atoms with Crippen LogP contribution in [0.15, 0.2) is 78.8 Å². The molecule has 0 saturated heterocycles. The number of amides is 2. The smallest absolute Gasteiger partial charge is 0.278 e. The van der Waals surface area contributed by atoms with Gasteiger partial charge >= 0.3 is 0 Å². The van der Waals surface area contributed by atoms with E-state index >= 15 is 0 Å². The van der Waals surface area contributed by atoms with Crippen LogP contribution in [0, 0.1) is 13.8 Å². The maximum atomic E-state index is 13.3. The van der Waals surface area contributed by atoms with Crippen molar-refractivity contribution < 1.29 is 9.59 Å². The zero-order valence-corrected chi connectivity index (χ0v) is 16.3. The lowest BCUT2D eigenvalue weighted by Gasteiger charge is -2.15. The molecule has 0 atom stereocenters. The van der Waals surface area contributed by atoms with Crippen molar-refractivity contribution in [3.05, 3.63) is 101 Å². The summed E-state index contributed by atoms with van der Waals surface area (Å²) in [7, 11) is 0. The highest BCUT2D eigenvalue weighted by molar-refractivity contribution is 6.36. The van der Waals surface area contributed by atoms with Gasteiger partial charge in [-0.25, -0.2) is 0 Å². The van der Waals surface area contributed by atoms with E-state index in [0.717, 1.165) is 27.9 Å². The Labute approximate surface area is 169 Å². The van der Waals surface area contributed by atoms with Gasteiger partial charge in [0.05, 0.1) is 12.1 Å². The van der Waals surface area contributed by atoms with Crippen molar-refractivity contribution in [2.45, 2.75) is 20.4 Å². The van der Waals surface area contributed by atoms with Crippen LogP contribution in [0.25, 0.3) is 5.57 Å². The largest absolute Gasteiger partial charge is 0.350 e. The average molecular weight is 383 g/mol. The van der Waals surface area contributed by atoms with Crippen LogP contribution in [0.1, 0.15) is 22.3 Å². The first-order valence-electron chi connectivity index (χ1n) is 9.43. The van der Waals surface area contributed by atoms with Crippen molar-refractivity contribution in [2.75, 3.05) is 5.32 Å². The molecule has 3 aromatic rings. The van der Waals surface area contributed by atoms with Crippen molar-refractivity contribution in [3.8, 4) is 0 Å². The fourth-order valence-electron chi connectivity index (χ4n) is 3.35. The first-order chi connectivity index (χ1) is 14.0. The molecule has 0 bridgehead atoms. The number of hydrogen-bond donors (Lipinski definition) is 1. The zero-order valence-electron chi connectivity index (χ0n) is 16.3. The molecule has 144 valence electrons. The molecule has 1 N–H and O–H groups in total. The van der Waals surface area contributed by atoms with E-state index in [9.17, 15) is 9.59 Å². The Morgan fingerprint density at radius 2 is 1.66 bits per heavy atom. The molecule has 0 radical (unpaired) electrons. The highest BCUT2D eigenvalue weighted by Crippen LogP contribution is 2.32. The number of pyridine rings is 1. The van der Waals surface area contributed by atoms with Gasteiger partial charge in [-0.3, -0.25) is 19.5 Å². The van der Waals surface area contributed by atoms with E-state index in [-0.39, 0.29) is 18.4 Å². The molecule has 0 fully saturated rings. The fourth-order valence-corrected chi connectivity index (χ4v) is 3.35. The number of carbonyl (C=O) groups excluding carboxylic acids is 2. The minimum atomic E-state index is -0.335. The van der Waals surface area contributed by atoms with Crippen LogP contribution >= 0.6 is 0 Å². The topological polar surface area (TPSA) is 62.3 Å². The Kier molecular flexibility index (Phi) is 4.96.